The molecule has 0 amide bonds. The Labute approximate surface area is 265 Å². The molecule has 0 saturated carbocycles. The van der Waals surface area contributed by atoms with Crippen LogP contribution in [0.3, 0.4) is 0 Å². The van der Waals surface area contributed by atoms with Gasteiger partial charge in [-0.1, -0.05) is 97.1 Å². The van der Waals surface area contributed by atoms with Crippen LogP contribution in [-0.2, 0) is 0 Å². The summed E-state index contributed by atoms with van der Waals surface area (Å²) in [5.74, 6) is 0. The number of hydrogen-bond donors (Lipinski definition) is 0. The van der Waals surface area contributed by atoms with Gasteiger partial charge in [-0.3, -0.25) is 0 Å². The van der Waals surface area contributed by atoms with Crippen molar-refractivity contribution >= 4 is 43.9 Å². The standard InChI is InChI=1S/C43H25NO2/c44-26-29-12-8-15-33(27-10-2-1-3-11-27)42(29)32-23-30(28-20-21-40-37(25-28)35-13-4-6-17-38(35)45-40)22-31(24-32)34-16-9-19-41-43(34)36-14-5-7-18-39(36)46-41/h1-25H. The molecular formula is C43H25NO2. The molecule has 0 fully saturated rings. The maximum absolute atomic E-state index is 10.4. The zero-order valence-electron chi connectivity index (χ0n) is 24.7. The first-order valence-electron chi connectivity index (χ1n) is 15.3. The summed E-state index contributed by atoms with van der Waals surface area (Å²) >= 11 is 0. The zero-order chi connectivity index (χ0) is 30.6. The second-order valence-electron chi connectivity index (χ2n) is 11.6. The van der Waals surface area contributed by atoms with Crippen LogP contribution in [0.1, 0.15) is 5.56 Å². The third-order valence-electron chi connectivity index (χ3n) is 8.91. The Morgan fingerprint density at radius 1 is 0.391 bits per heavy atom. The first-order chi connectivity index (χ1) is 22.7. The van der Waals surface area contributed by atoms with E-state index in [1.807, 2.05) is 66.7 Å². The average molecular weight is 588 g/mol. The minimum absolute atomic E-state index is 0.632. The van der Waals surface area contributed by atoms with Gasteiger partial charge in [0.25, 0.3) is 0 Å². The topological polar surface area (TPSA) is 50.1 Å². The van der Waals surface area contributed by atoms with Crippen LogP contribution < -0.4 is 0 Å². The minimum atomic E-state index is 0.632. The number of nitrogens with zero attached hydrogens (tertiary/aromatic N) is 1. The molecule has 0 spiro atoms. The molecule has 9 rings (SSSR count). The summed E-state index contributed by atoms with van der Waals surface area (Å²) < 4.78 is 12.4. The molecule has 2 aromatic heterocycles. The van der Waals surface area contributed by atoms with Crippen molar-refractivity contribution < 1.29 is 8.83 Å². The van der Waals surface area contributed by atoms with Gasteiger partial charge in [-0.15, -0.1) is 0 Å². The first-order valence-corrected chi connectivity index (χ1v) is 15.3. The largest absolute Gasteiger partial charge is 0.456 e. The number of rotatable bonds is 4. The third-order valence-corrected chi connectivity index (χ3v) is 8.91. The lowest BCUT2D eigenvalue weighted by molar-refractivity contribution is 0.668. The van der Waals surface area contributed by atoms with Crippen molar-refractivity contribution in [2.24, 2.45) is 0 Å². The highest BCUT2D eigenvalue weighted by Crippen LogP contribution is 2.43. The van der Waals surface area contributed by atoms with E-state index in [-0.39, 0.29) is 0 Å². The Morgan fingerprint density at radius 2 is 1.02 bits per heavy atom. The van der Waals surface area contributed by atoms with Gasteiger partial charge in [0.1, 0.15) is 22.3 Å². The van der Waals surface area contributed by atoms with Gasteiger partial charge >= 0.3 is 0 Å². The zero-order valence-corrected chi connectivity index (χ0v) is 24.7. The van der Waals surface area contributed by atoms with Gasteiger partial charge in [-0.2, -0.15) is 5.26 Å². The maximum Gasteiger partial charge on any atom is 0.136 e. The highest BCUT2D eigenvalue weighted by Gasteiger charge is 2.18. The van der Waals surface area contributed by atoms with Crippen molar-refractivity contribution in [3.05, 3.63) is 157 Å². The van der Waals surface area contributed by atoms with E-state index in [0.29, 0.717) is 5.56 Å². The van der Waals surface area contributed by atoms with Crippen molar-refractivity contribution in [1.82, 2.24) is 0 Å². The van der Waals surface area contributed by atoms with E-state index in [9.17, 15) is 5.26 Å². The quantitative estimate of drug-likeness (QED) is 0.206. The highest BCUT2D eigenvalue weighted by atomic mass is 16.3. The molecule has 0 bridgehead atoms. The van der Waals surface area contributed by atoms with E-state index in [0.717, 1.165) is 88.4 Å². The first kappa shape index (κ1) is 26.1. The Morgan fingerprint density at radius 3 is 1.87 bits per heavy atom. The summed E-state index contributed by atoms with van der Waals surface area (Å²) in [6.07, 6.45) is 0. The lowest BCUT2D eigenvalue weighted by atomic mass is 9.86. The van der Waals surface area contributed by atoms with Crippen LogP contribution in [-0.4, -0.2) is 0 Å². The van der Waals surface area contributed by atoms with Crippen molar-refractivity contribution in [1.29, 1.82) is 5.26 Å². The van der Waals surface area contributed by atoms with Gasteiger partial charge in [0, 0.05) is 27.1 Å². The molecule has 214 valence electrons. The van der Waals surface area contributed by atoms with Crippen LogP contribution >= 0.6 is 0 Å². The molecule has 0 aliphatic heterocycles. The van der Waals surface area contributed by atoms with E-state index >= 15 is 0 Å². The molecule has 7 aromatic carbocycles. The molecule has 0 atom stereocenters. The van der Waals surface area contributed by atoms with Crippen molar-refractivity contribution in [2.75, 3.05) is 0 Å². The van der Waals surface area contributed by atoms with Gasteiger partial charge in [-0.05, 0) is 93.5 Å². The number of fused-ring (bicyclic) bond motifs is 6. The number of para-hydroxylation sites is 2. The molecule has 0 saturated heterocycles. The summed E-state index contributed by atoms with van der Waals surface area (Å²) in [7, 11) is 0. The van der Waals surface area contributed by atoms with Crippen LogP contribution in [0.15, 0.2) is 160 Å². The molecule has 0 N–H and O–H groups in total. The fourth-order valence-corrected chi connectivity index (χ4v) is 6.83. The molecule has 0 unspecified atom stereocenters. The van der Waals surface area contributed by atoms with Crippen LogP contribution in [0.4, 0.5) is 0 Å². The highest BCUT2D eigenvalue weighted by molar-refractivity contribution is 6.13. The normalized spacial score (nSPS) is 11.5. The minimum Gasteiger partial charge on any atom is -0.456 e. The summed E-state index contributed by atoms with van der Waals surface area (Å²) in [5.41, 5.74) is 12.3. The van der Waals surface area contributed by atoms with E-state index in [2.05, 4.69) is 91.0 Å². The number of hydrogen-bond acceptors (Lipinski definition) is 3. The number of nitriles is 1. The Bertz CT molecular complexity index is 2650. The molecular weight excluding hydrogens is 562 g/mol. The van der Waals surface area contributed by atoms with Crippen LogP contribution in [0.25, 0.3) is 88.4 Å². The van der Waals surface area contributed by atoms with Crippen molar-refractivity contribution in [3.8, 4) is 50.6 Å². The Hall–Kier alpha value is -6.37. The lowest BCUT2D eigenvalue weighted by Crippen LogP contribution is -1.92. The summed E-state index contributed by atoms with van der Waals surface area (Å²) in [6.45, 7) is 0. The maximum atomic E-state index is 10.4. The molecule has 2 heterocycles. The van der Waals surface area contributed by atoms with E-state index in [4.69, 9.17) is 8.83 Å². The van der Waals surface area contributed by atoms with Crippen LogP contribution in [0.2, 0.25) is 0 Å². The van der Waals surface area contributed by atoms with Crippen molar-refractivity contribution in [2.45, 2.75) is 0 Å². The predicted octanol–water partition coefficient (Wildman–Crippen LogP) is 12.0. The summed E-state index contributed by atoms with van der Waals surface area (Å²) in [5, 5.41) is 14.7. The molecule has 0 aliphatic rings. The van der Waals surface area contributed by atoms with Gasteiger partial charge in [0.15, 0.2) is 0 Å². The molecule has 3 nitrogen and oxygen atoms in total. The van der Waals surface area contributed by atoms with E-state index in [1.54, 1.807) is 0 Å². The molecule has 0 aliphatic carbocycles. The van der Waals surface area contributed by atoms with Crippen LogP contribution in [0, 0.1) is 11.3 Å². The Kier molecular flexibility index (Phi) is 5.88. The molecule has 46 heavy (non-hydrogen) atoms. The SMILES string of the molecule is N#Cc1cccc(-c2ccccc2)c1-c1cc(-c2ccc3oc4ccccc4c3c2)cc(-c2cccc3oc4ccccc4c23)c1. The monoisotopic (exact) mass is 587 g/mol. The van der Waals surface area contributed by atoms with Crippen LogP contribution in [0.5, 0.6) is 0 Å². The number of furan rings is 2. The molecule has 9 aromatic rings. The lowest BCUT2D eigenvalue weighted by Gasteiger charge is -2.16. The van der Waals surface area contributed by atoms with E-state index in [1.165, 1.54) is 0 Å². The summed E-state index contributed by atoms with van der Waals surface area (Å²) in [4.78, 5) is 0. The summed E-state index contributed by atoms with van der Waals surface area (Å²) in [6, 6.07) is 54.4. The van der Waals surface area contributed by atoms with Gasteiger partial charge in [0.2, 0.25) is 0 Å². The average Bonchev–Trinajstić information content (AvgIpc) is 3.69. The van der Waals surface area contributed by atoms with Gasteiger partial charge in [0.05, 0.1) is 11.6 Å². The smallest absolute Gasteiger partial charge is 0.136 e. The Balaban J connectivity index is 1.36. The number of benzene rings is 7. The van der Waals surface area contributed by atoms with Crippen molar-refractivity contribution in [3.63, 3.8) is 0 Å². The van der Waals surface area contributed by atoms with Gasteiger partial charge < -0.3 is 8.83 Å². The second kappa shape index (κ2) is 10.4. The van der Waals surface area contributed by atoms with Gasteiger partial charge in [-0.25, -0.2) is 0 Å². The van der Waals surface area contributed by atoms with E-state index < -0.39 is 0 Å². The fourth-order valence-electron chi connectivity index (χ4n) is 6.83. The second-order valence-corrected chi connectivity index (χ2v) is 11.6. The predicted molar refractivity (Wildman–Crippen MR) is 187 cm³/mol. The third kappa shape index (κ3) is 4.13. The fraction of sp³-hybridized carbons (Fsp3) is 0. The molecule has 3 heteroatoms. The molecule has 0 radical (unpaired) electrons.